The van der Waals surface area contributed by atoms with Gasteiger partial charge in [0.15, 0.2) is 5.13 Å². The Morgan fingerprint density at radius 1 is 1.03 bits per heavy atom. The molecule has 0 spiro atoms. The Balaban J connectivity index is 1.39. The van der Waals surface area contributed by atoms with E-state index in [-0.39, 0.29) is 5.91 Å². The minimum atomic E-state index is -0.168. The van der Waals surface area contributed by atoms with Crippen LogP contribution < -0.4 is 10.2 Å². The molecular formula is C26H29N3OS. The summed E-state index contributed by atoms with van der Waals surface area (Å²) in [5.74, 6) is -0.168. The van der Waals surface area contributed by atoms with Gasteiger partial charge in [0.05, 0.1) is 5.69 Å². The van der Waals surface area contributed by atoms with Crippen LogP contribution >= 0.6 is 11.3 Å². The number of carbonyl (C=O) groups is 1. The standard InChI is InChI=1S/C26H29N3OS/c1-18-15-19(2)25(20(3)16-18)23-17-31-26(27-23)28-24(30)12-9-21-7-10-22(11-8-21)29-13-5-4-6-14-29/h7-12,15-17H,4-6,13-14H2,1-3H3,(H,27,28,30)/b12-9+. The van der Waals surface area contributed by atoms with E-state index in [2.05, 4.69) is 72.4 Å². The Kier molecular flexibility index (Phi) is 6.52. The molecule has 1 aliphatic heterocycles. The first-order chi connectivity index (χ1) is 15.0. The van der Waals surface area contributed by atoms with Gasteiger partial charge in [0.1, 0.15) is 0 Å². The van der Waals surface area contributed by atoms with Gasteiger partial charge in [0.25, 0.3) is 0 Å². The Bertz CT molecular complexity index is 1070. The van der Waals surface area contributed by atoms with Gasteiger partial charge < -0.3 is 4.90 Å². The first kappa shape index (κ1) is 21.3. The van der Waals surface area contributed by atoms with Crippen LogP contribution in [0.2, 0.25) is 0 Å². The Labute approximate surface area is 188 Å². The molecule has 1 amide bonds. The SMILES string of the molecule is Cc1cc(C)c(-c2csc(NC(=O)/C=C/c3ccc(N4CCCCC4)cc3)n2)c(C)c1. The smallest absolute Gasteiger partial charge is 0.250 e. The molecule has 0 bridgehead atoms. The highest BCUT2D eigenvalue weighted by atomic mass is 32.1. The fourth-order valence-electron chi connectivity index (χ4n) is 4.30. The molecule has 0 aliphatic carbocycles. The van der Waals surface area contributed by atoms with E-state index in [1.807, 2.05) is 11.5 Å². The highest BCUT2D eigenvalue weighted by Gasteiger charge is 2.12. The third-order valence-electron chi connectivity index (χ3n) is 5.71. The second-order valence-electron chi connectivity index (χ2n) is 8.27. The van der Waals surface area contributed by atoms with Gasteiger partial charge in [-0.3, -0.25) is 10.1 Å². The van der Waals surface area contributed by atoms with Crippen LogP contribution in [0.3, 0.4) is 0 Å². The summed E-state index contributed by atoms with van der Waals surface area (Å²) in [5, 5.41) is 5.51. The molecule has 0 atom stereocenters. The molecule has 5 heteroatoms. The molecule has 1 N–H and O–H groups in total. The summed E-state index contributed by atoms with van der Waals surface area (Å²) in [4.78, 5) is 19.5. The topological polar surface area (TPSA) is 45.2 Å². The molecule has 4 nitrogen and oxygen atoms in total. The minimum absolute atomic E-state index is 0.168. The number of nitrogens with zero attached hydrogens (tertiary/aromatic N) is 2. The average molecular weight is 432 g/mol. The zero-order valence-corrected chi connectivity index (χ0v) is 19.3. The summed E-state index contributed by atoms with van der Waals surface area (Å²) >= 11 is 1.45. The predicted molar refractivity (Wildman–Crippen MR) is 132 cm³/mol. The van der Waals surface area contributed by atoms with Gasteiger partial charge >= 0.3 is 0 Å². The molecule has 0 radical (unpaired) electrons. The molecule has 0 unspecified atom stereocenters. The molecule has 4 rings (SSSR count). The molecule has 0 saturated carbocycles. The summed E-state index contributed by atoms with van der Waals surface area (Å²) in [5.41, 5.74) is 7.98. The van der Waals surface area contributed by atoms with E-state index in [0.717, 1.165) is 29.9 Å². The first-order valence-electron chi connectivity index (χ1n) is 10.9. The van der Waals surface area contributed by atoms with Crippen molar-refractivity contribution in [3.05, 3.63) is 70.1 Å². The lowest BCUT2D eigenvalue weighted by Crippen LogP contribution is -2.29. The summed E-state index contributed by atoms with van der Waals surface area (Å²) in [6, 6.07) is 12.7. The van der Waals surface area contributed by atoms with Gasteiger partial charge in [0.2, 0.25) is 5.91 Å². The van der Waals surface area contributed by atoms with Gasteiger partial charge in [-0.2, -0.15) is 0 Å². The number of hydrogen-bond acceptors (Lipinski definition) is 4. The zero-order valence-electron chi connectivity index (χ0n) is 18.4. The lowest BCUT2D eigenvalue weighted by molar-refractivity contribution is -0.111. The minimum Gasteiger partial charge on any atom is -0.372 e. The van der Waals surface area contributed by atoms with Crippen molar-refractivity contribution < 1.29 is 4.79 Å². The van der Waals surface area contributed by atoms with Gasteiger partial charge in [-0.25, -0.2) is 4.98 Å². The third kappa shape index (κ3) is 5.23. The largest absolute Gasteiger partial charge is 0.372 e. The quantitative estimate of drug-likeness (QED) is 0.477. The number of benzene rings is 2. The molecule has 160 valence electrons. The van der Waals surface area contributed by atoms with Crippen molar-refractivity contribution in [3.8, 4) is 11.3 Å². The maximum absolute atomic E-state index is 12.4. The van der Waals surface area contributed by atoms with Crippen molar-refractivity contribution in [2.45, 2.75) is 40.0 Å². The third-order valence-corrected chi connectivity index (χ3v) is 6.47. The van der Waals surface area contributed by atoms with Crippen LogP contribution in [0.1, 0.15) is 41.5 Å². The number of hydrogen-bond donors (Lipinski definition) is 1. The fourth-order valence-corrected chi connectivity index (χ4v) is 5.00. The Morgan fingerprint density at radius 3 is 2.39 bits per heavy atom. The van der Waals surface area contributed by atoms with Crippen molar-refractivity contribution in [1.82, 2.24) is 4.98 Å². The van der Waals surface area contributed by atoms with Crippen LogP contribution in [0, 0.1) is 20.8 Å². The van der Waals surface area contributed by atoms with Gasteiger partial charge in [-0.15, -0.1) is 11.3 Å². The van der Waals surface area contributed by atoms with Gasteiger partial charge in [0, 0.05) is 35.8 Å². The van der Waals surface area contributed by atoms with E-state index >= 15 is 0 Å². The molecule has 2 heterocycles. The number of anilines is 2. The highest BCUT2D eigenvalue weighted by molar-refractivity contribution is 7.14. The van der Waals surface area contributed by atoms with Crippen LogP contribution in [0.15, 0.2) is 47.9 Å². The van der Waals surface area contributed by atoms with Crippen molar-refractivity contribution in [1.29, 1.82) is 0 Å². The second-order valence-corrected chi connectivity index (χ2v) is 9.13. The first-order valence-corrected chi connectivity index (χ1v) is 11.8. The molecular weight excluding hydrogens is 402 g/mol. The normalized spacial score (nSPS) is 14.2. The monoisotopic (exact) mass is 431 g/mol. The van der Waals surface area contributed by atoms with Crippen molar-refractivity contribution in [3.63, 3.8) is 0 Å². The second kappa shape index (κ2) is 9.48. The van der Waals surface area contributed by atoms with Crippen LogP contribution in [0.4, 0.5) is 10.8 Å². The van der Waals surface area contributed by atoms with Crippen molar-refractivity contribution in [2.75, 3.05) is 23.3 Å². The summed E-state index contributed by atoms with van der Waals surface area (Å²) in [6.45, 7) is 8.58. The number of rotatable bonds is 5. The maximum Gasteiger partial charge on any atom is 0.250 e. The van der Waals surface area contributed by atoms with Crippen molar-refractivity contribution in [2.24, 2.45) is 0 Å². The molecule has 2 aromatic carbocycles. The van der Waals surface area contributed by atoms with E-state index in [4.69, 9.17) is 0 Å². The highest BCUT2D eigenvalue weighted by Crippen LogP contribution is 2.31. The zero-order chi connectivity index (χ0) is 21.8. The number of piperidine rings is 1. The summed E-state index contributed by atoms with van der Waals surface area (Å²) < 4.78 is 0. The van der Waals surface area contributed by atoms with Crippen molar-refractivity contribution >= 4 is 34.1 Å². The van der Waals surface area contributed by atoms with Gasteiger partial charge in [-0.05, 0) is 74.9 Å². The lowest BCUT2D eigenvalue weighted by Gasteiger charge is -2.28. The van der Waals surface area contributed by atoms with E-state index in [1.165, 1.54) is 53.0 Å². The summed E-state index contributed by atoms with van der Waals surface area (Å²) in [7, 11) is 0. The molecule has 1 saturated heterocycles. The maximum atomic E-state index is 12.4. The number of aryl methyl sites for hydroxylation is 3. The molecule has 31 heavy (non-hydrogen) atoms. The van der Waals surface area contributed by atoms with Crippen LogP contribution in [-0.4, -0.2) is 24.0 Å². The number of thiazole rings is 1. The lowest BCUT2D eigenvalue weighted by atomic mass is 9.98. The number of nitrogens with one attached hydrogen (secondary N) is 1. The molecule has 1 aliphatic rings. The Morgan fingerprint density at radius 2 is 1.71 bits per heavy atom. The van der Waals surface area contributed by atoms with E-state index in [1.54, 1.807) is 6.08 Å². The molecule has 1 fully saturated rings. The van der Waals surface area contributed by atoms with E-state index in [9.17, 15) is 4.79 Å². The van der Waals surface area contributed by atoms with Crippen LogP contribution in [0.5, 0.6) is 0 Å². The van der Waals surface area contributed by atoms with Crippen LogP contribution in [-0.2, 0) is 4.79 Å². The number of amides is 1. The number of aromatic nitrogens is 1. The average Bonchev–Trinajstić information content (AvgIpc) is 3.20. The predicted octanol–water partition coefficient (Wildman–Crippen LogP) is 6.38. The number of carbonyl (C=O) groups excluding carboxylic acids is 1. The van der Waals surface area contributed by atoms with E-state index in [0.29, 0.717) is 5.13 Å². The molecule has 1 aromatic heterocycles. The van der Waals surface area contributed by atoms with E-state index < -0.39 is 0 Å². The Hall–Kier alpha value is -2.92. The fraction of sp³-hybridized carbons (Fsp3) is 0.308. The van der Waals surface area contributed by atoms with Crippen LogP contribution in [0.25, 0.3) is 17.3 Å². The summed E-state index contributed by atoms with van der Waals surface area (Å²) in [6.07, 6.45) is 7.28. The van der Waals surface area contributed by atoms with Gasteiger partial charge in [-0.1, -0.05) is 29.8 Å². The molecule has 3 aromatic rings.